The van der Waals surface area contributed by atoms with Crippen LogP contribution >= 0.6 is 0 Å². The molecule has 0 aromatic rings. The van der Waals surface area contributed by atoms with Crippen molar-refractivity contribution < 1.29 is 20.2 Å². The van der Waals surface area contributed by atoms with Crippen molar-refractivity contribution in [3.63, 3.8) is 0 Å². The lowest BCUT2D eigenvalue weighted by Gasteiger charge is -2.52. The smallest absolute Gasteiger partial charge is 0.193 e. The third kappa shape index (κ3) is 1.65. The first-order valence-corrected chi connectivity index (χ1v) is 7.37. The van der Waals surface area contributed by atoms with Crippen LogP contribution in [0.1, 0.15) is 13.8 Å². The summed E-state index contributed by atoms with van der Waals surface area (Å²) >= 11 is 0. The van der Waals surface area contributed by atoms with Crippen LogP contribution in [0.4, 0.5) is 0 Å². The molecule has 22 heavy (non-hydrogen) atoms. The van der Waals surface area contributed by atoms with Gasteiger partial charge in [-0.2, -0.15) is 0 Å². The fourth-order valence-electron chi connectivity index (χ4n) is 4.08. The monoisotopic (exact) mass is 316 g/mol. The van der Waals surface area contributed by atoms with Crippen LogP contribution in [0.3, 0.4) is 0 Å². The number of nitrogens with one attached hydrogen (secondary N) is 1. The van der Waals surface area contributed by atoms with Crippen molar-refractivity contribution in [3.05, 3.63) is 0 Å². The van der Waals surface area contributed by atoms with Gasteiger partial charge in [-0.1, -0.05) is 0 Å². The van der Waals surface area contributed by atoms with E-state index in [2.05, 4.69) is 10.3 Å². The Bertz CT molecular complexity index is 488. The highest BCUT2D eigenvalue weighted by Crippen LogP contribution is 2.49. The summed E-state index contributed by atoms with van der Waals surface area (Å²) in [5, 5.41) is 35.3. The first-order chi connectivity index (χ1) is 10.3. The molecule has 6 atom stereocenters. The Kier molecular flexibility index (Phi) is 3.60. The second-order valence-corrected chi connectivity index (χ2v) is 6.10. The van der Waals surface area contributed by atoms with Gasteiger partial charge in [0.1, 0.15) is 18.0 Å². The van der Waals surface area contributed by atoms with E-state index in [0.717, 1.165) is 5.06 Å². The van der Waals surface area contributed by atoms with Crippen LogP contribution in [-0.4, -0.2) is 86.8 Å². The predicted molar refractivity (Wildman–Crippen MR) is 76.5 cm³/mol. The van der Waals surface area contributed by atoms with Crippen molar-refractivity contribution in [2.45, 2.75) is 49.6 Å². The summed E-state index contributed by atoms with van der Waals surface area (Å²) in [7, 11) is 0. The Balaban J connectivity index is 2.15. The predicted octanol–water partition coefficient (Wildman–Crippen LogP) is -3.25. The molecule has 6 unspecified atom stereocenters. The zero-order chi connectivity index (χ0) is 16.3. The number of guanidine groups is 1. The first kappa shape index (κ1) is 15.9. The Hall–Kier alpha value is -1.01. The summed E-state index contributed by atoms with van der Waals surface area (Å²) in [6.07, 6.45) is -1.51. The maximum atomic E-state index is 11.2. The van der Waals surface area contributed by atoms with Gasteiger partial charge in [0, 0.05) is 6.61 Å². The van der Waals surface area contributed by atoms with Crippen LogP contribution in [0.15, 0.2) is 4.99 Å². The molecule has 126 valence electrons. The number of aliphatic hydroxyl groups is 2. The van der Waals surface area contributed by atoms with Crippen LogP contribution in [0.25, 0.3) is 0 Å². The molecule has 10 nitrogen and oxygen atoms in total. The van der Waals surface area contributed by atoms with Crippen molar-refractivity contribution in [2.24, 2.45) is 16.5 Å². The summed E-state index contributed by atoms with van der Waals surface area (Å²) in [5.41, 5.74) is 9.08. The lowest BCUT2D eigenvalue weighted by molar-refractivity contribution is -0.268. The van der Waals surface area contributed by atoms with Gasteiger partial charge in [-0.15, -0.1) is 5.06 Å². The third-order valence-electron chi connectivity index (χ3n) is 5.04. The average Bonchev–Trinajstić information content (AvgIpc) is 2.87. The molecular formula is C12H24N6O4. The normalized spacial score (nSPS) is 48.3. The molecule has 1 spiro atoms. The van der Waals surface area contributed by atoms with Crippen molar-refractivity contribution in [2.75, 3.05) is 19.8 Å². The van der Waals surface area contributed by atoms with E-state index in [1.807, 2.05) is 6.92 Å². The van der Waals surface area contributed by atoms with E-state index in [4.69, 9.17) is 16.2 Å². The summed E-state index contributed by atoms with van der Waals surface area (Å²) in [6.45, 7) is 3.78. The van der Waals surface area contributed by atoms with Crippen LogP contribution < -0.4 is 16.8 Å². The molecule has 3 heterocycles. The highest BCUT2D eigenvalue weighted by molar-refractivity contribution is 5.81. The number of ether oxygens (including phenoxy) is 1. The molecule has 2 saturated heterocycles. The Morgan fingerprint density at radius 2 is 2.23 bits per heavy atom. The molecule has 10 heteroatoms. The van der Waals surface area contributed by atoms with E-state index in [1.54, 1.807) is 11.8 Å². The van der Waals surface area contributed by atoms with Crippen LogP contribution in [0, 0.1) is 0 Å². The summed E-state index contributed by atoms with van der Waals surface area (Å²) < 4.78 is 5.64. The quantitative estimate of drug-likeness (QED) is 0.315. The van der Waals surface area contributed by atoms with Crippen molar-refractivity contribution in [1.29, 1.82) is 0 Å². The lowest BCUT2D eigenvalue weighted by atomic mass is 9.79. The standard InChI is InChI=1S/C12H24N6O4/c1-3-22-7-4-17-9(13)15-6(5-19)8-12(17,11(7,2)20)18(21)10(14)16-8/h6-8,10,16,19-21H,3-5,14H2,1-2H3,(H2,13,15). The van der Waals surface area contributed by atoms with Crippen LogP contribution in [-0.2, 0) is 4.74 Å². The second-order valence-electron chi connectivity index (χ2n) is 6.10. The van der Waals surface area contributed by atoms with Crippen LogP contribution in [0.2, 0.25) is 0 Å². The Labute approximate surface area is 128 Å². The van der Waals surface area contributed by atoms with Crippen molar-refractivity contribution >= 4 is 5.96 Å². The summed E-state index contributed by atoms with van der Waals surface area (Å²) in [4.78, 5) is 5.86. The minimum Gasteiger partial charge on any atom is -0.394 e. The van der Waals surface area contributed by atoms with Crippen molar-refractivity contribution in [1.82, 2.24) is 15.3 Å². The molecule has 3 rings (SSSR count). The SMILES string of the molecule is CCOC1CN2C(N)=NC(CO)C3NC(N)N(O)C32C1(C)O. The fraction of sp³-hybridized carbons (Fsp3) is 0.917. The largest absolute Gasteiger partial charge is 0.394 e. The first-order valence-electron chi connectivity index (χ1n) is 7.37. The van der Waals surface area contributed by atoms with Gasteiger partial charge in [0.15, 0.2) is 11.6 Å². The van der Waals surface area contributed by atoms with E-state index in [0.29, 0.717) is 6.61 Å². The highest BCUT2D eigenvalue weighted by Gasteiger charge is 2.75. The number of nitrogens with zero attached hydrogens (tertiary/aromatic N) is 3. The lowest BCUT2D eigenvalue weighted by Crippen LogP contribution is -2.76. The topological polar surface area (TPSA) is 153 Å². The van der Waals surface area contributed by atoms with Gasteiger partial charge in [-0.25, -0.2) is 4.99 Å². The molecule has 3 aliphatic heterocycles. The molecule has 3 aliphatic rings. The molecule has 0 amide bonds. The van der Waals surface area contributed by atoms with E-state index in [1.165, 1.54) is 0 Å². The maximum absolute atomic E-state index is 11.2. The van der Waals surface area contributed by atoms with E-state index >= 15 is 0 Å². The minimum atomic E-state index is -1.49. The molecular weight excluding hydrogens is 292 g/mol. The van der Waals surface area contributed by atoms with Gasteiger partial charge >= 0.3 is 0 Å². The van der Waals surface area contributed by atoms with Gasteiger partial charge < -0.3 is 36.5 Å². The number of hydrogen-bond acceptors (Lipinski definition) is 10. The highest BCUT2D eigenvalue weighted by atomic mass is 16.5. The molecule has 2 fully saturated rings. The molecule has 0 radical (unpaired) electrons. The maximum Gasteiger partial charge on any atom is 0.193 e. The van der Waals surface area contributed by atoms with Gasteiger partial charge in [-0.05, 0) is 13.8 Å². The second kappa shape index (κ2) is 4.99. The van der Waals surface area contributed by atoms with Gasteiger partial charge in [-0.3, -0.25) is 5.32 Å². The van der Waals surface area contributed by atoms with Gasteiger partial charge in [0.2, 0.25) is 0 Å². The number of nitrogens with two attached hydrogens (primary N) is 2. The summed E-state index contributed by atoms with van der Waals surface area (Å²) in [6, 6.07) is -1.24. The molecule has 0 aliphatic carbocycles. The minimum absolute atomic E-state index is 0.132. The number of rotatable bonds is 3. The third-order valence-corrected chi connectivity index (χ3v) is 5.04. The van der Waals surface area contributed by atoms with Gasteiger partial charge in [0.25, 0.3) is 0 Å². The Morgan fingerprint density at radius 1 is 1.55 bits per heavy atom. The number of hydroxylamine groups is 2. The molecule has 8 N–H and O–H groups in total. The van der Waals surface area contributed by atoms with Crippen molar-refractivity contribution in [3.8, 4) is 0 Å². The fourth-order valence-corrected chi connectivity index (χ4v) is 4.08. The molecule has 0 bridgehead atoms. The van der Waals surface area contributed by atoms with Gasteiger partial charge in [0.05, 0.1) is 25.2 Å². The molecule has 0 aromatic carbocycles. The zero-order valence-corrected chi connectivity index (χ0v) is 12.7. The number of hydrogen-bond donors (Lipinski definition) is 6. The number of aliphatic imine (C=N–C) groups is 1. The molecule has 0 saturated carbocycles. The van der Waals surface area contributed by atoms with E-state index in [9.17, 15) is 15.4 Å². The Morgan fingerprint density at radius 3 is 2.82 bits per heavy atom. The van der Waals surface area contributed by atoms with Crippen LogP contribution in [0.5, 0.6) is 0 Å². The number of aliphatic hydroxyl groups excluding tert-OH is 1. The summed E-state index contributed by atoms with van der Waals surface area (Å²) in [5.74, 6) is 0.132. The molecule has 0 aromatic heterocycles. The zero-order valence-electron chi connectivity index (χ0n) is 12.7. The van der Waals surface area contributed by atoms with E-state index < -0.39 is 35.7 Å². The average molecular weight is 316 g/mol. The van der Waals surface area contributed by atoms with E-state index in [-0.39, 0.29) is 19.1 Å².